The number of benzene rings is 1. The fraction of sp³-hybridized carbons (Fsp3) is 0.579. The zero-order valence-electron chi connectivity index (χ0n) is 16.8. The number of carbonyl (C=O) groups excluding carboxylic acids is 1. The van der Waals surface area contributed by atoms with E-state index in [1.165, 1.54) is 12.1 Å². The number of aliphatic imine (C=N–C) groups is 1. The van der Waals surface area contributed by atoms with Crippen LogP contribution in [0.2, 0.25) is 0 Å². The topological polar surface area (TPSA) is 83.2 Å². The first-order chi connectivity index (χ1) is 12.7. The zero-order valence-corrected chi connectivity index (χ0v) is 19.1. The minimum atomic E-state index is -0.492. The van der Waals surface area contributed by atoms with Gasteiger partial charge in [0.25, 0.3) is 0 Å². The molecule has 0 radical (unpaired) electrons. The second-order valence-electron chi connectivity index (χ2n) is 7.49. The van der Waals surface area contributed by atoms with Crippen LogP contribution < -0.4 is 11.1 Å². The maximum atomic E-state index is 13.1. The van der Waals surface area contributed by atoms with Gasteiger partial charge in [0, 0.05) is 45.0 Å². The van der Waals surface area contributed by atoms with Gasteiger partial charge in [-0.2, -0.15) is 0 Å². The normalized spacial score (nSPS) is 15.1. The Kier molecular flexibility index (Phi) is 9.77. The van der Waals surface area contributed by atoms with Crippen molar-refractivity contribution < 1.29 is 13.9 Å². The Bertz CT molecular complexity index is 658. The van der Waals surface area contributed by atoms with E-state index >= 15 is 0 Å². The number of hydrogen-bond acceptors (Lipinski definition) is 4. The average molecular weight is 507 g/mol. The molecule has 1 amide bonds. The highest BCUT2D eigenvalue weighted by Gasteiger charge is 2.26. The molecule has 1 aliphatic rings. The van der Waals surface area contributed by atoms with Gasteiger partial charge in [-0.25, -0.2) is 9.18 Å². The molecule has 0 aliphatic carbocycles. The fourth-order valence-corrected chi connectivity index (χ4v) is 2.65. The van der Waals surface area contributed by atoms with Gasteiger partial charge in [0.1, 0.15) is 11.4 Å². The predicted molar refractivity (Wildman–Crippen MR) is 121 cm³/mol. The Morgan fingerprint density at radius 3 is 2.50 bits per heavy atom. The Morgan fingerprint density at radius 2 is 1.89 bits per heavy atom. The summed E-state index contributed by atoms with van der Waals surface area (Å²) in [5.74, 6) is 0.234. The molecule has 0 atom stereocenters. The Balaban J connectivity index is 0.00000392. The van der Waals surface area contributed by atoms with Gasteiger partial charge < -0.3 is 25.6 Å². The molecule has 0 unspecified atom stereocenters. The average Bonchev–Trinajstić information content (AvgIpc) is 2.60. The smallest absolute Gasteiger partial charge is 0.410 e. The maximum Gasteiger partial charge on any atom is 0.410 e. The standard InChI is InChI=1S/C19H30FN5O2.HI/c1-19(2,3)27-18(26)25-12-10-24(11-13-25)17(21)23-9-5-8-22-16-7-4-6-15(20)14-16;/h4,6-7,14,22H,5,8-13H2,1-3H3,(H2,21,23);1H. The van der Waals surface area contributed by atoms with Crippen LogP contribution in [0.3, 0.4) is 0 Å². The molecule has 158 valence electrons. The first kappa shape index (κ1) is 24.3. The van der Waals surface area contributed by atoms with Crippen LogP contribution in [0, 0.1) is 5.82 Å². The van der Waals surface area contributed by atoms with Crippen LogP contribution in [0.25, 0.3) is 0 Å². The number of nitrogens with two attached hydrogens (primary N) is 1. The molecule has 1 saturated heterocycles. The van der Waals surface area contributed by atoms with Crippen LogP contribution in [-0.4, -0.2) is 66.7 Å². The molecule has 7 nitrogen and oxygen atoms in total. The number of anilines is 1. The van der Waals surface area contributed by atoms with Gasteiger partial charge in [0.2, 0.25) is 0 Å². The van der Waals surface area contributed by atoms with Crippen molar-refractivity contribution >= 4 is 41.7 Å². The number of guanidine groups is 1. The van der Waals surface area contributed by atoms with Crippen molar-refractivity contribution in [3.05, 3.63) is 30.1 Å². The number of rotatable bonds is 5. The first-order valence-corrected chi connectivity index (χ1v) is 9.27. The monoisotopic (exact) mass is 507 g/mol. The molecule has 1 heterocycles. The van der Waals surface area contributed by atoms with Crippen molar-refractivity contribution in [2.24, 2.45) is 10.7 Å². The lowest BCUT2D eigenvalue weighted by atomic mass is 10.2. The van der Waals surface area contributed by atoms with Crippen LogP contribution in [0.1, 0.15) is 27.2 Å². The summed E-state index contributed by atoms with van der Waals surface area (Å²) in [5, 5.41) is 3.15. The lowest BCUT2D eigenvalue weighted by Crippen LogP contribution is -2.53. The summed E-state index contributed by atoms with van der Waals surface area (Å²) in [6, 6.07) is 6.37. The molecule has 3 N–H and O–H groups in total. The summed E-state index contributed by atoms with van der Waals surface area (Å²) in [5.41, 5.74) is 6.32. The van der Waals surface area contributed by atoms with Gasteiger partial charge >= 0.3 is 6.09 Å². The highest BCUT2D eigenvalue weighted by molar-refractivity contribution is 14.0. The predicted octanol–water partition coefficient (Wildman–Crippen LogP) is 3.11. The van der Waals surface area contributed by atoms with Crippen LogP contribution >= 0.6 is 24.0 Å². The molecule has 1 aromatic carbocycles. The molecule has 1 aromatic rings. The number of nitrogens with one attached hydrogen (secondary N) is 1. The van der Waals surface area contributed by atoms with Gasteiger partial charge in [0.15, 0.2) is 5.96 Å². The third kappa shape index (κ3) is 8.49. The van der Waals surface area contributed by atoms with E-state index in [1.807, 2.05) is 31.7 Å². The molecule has 0 bridgehead atoms. The summed E-state index contributed by atoms with van der Waals surface area (Å²) in [6.07, 6.45) is 0.496. The van der Waals surface area contributed by atoms with Crippen molar-refractivity contribution in [2.75, 3.05) is 44.6 Å². The number of hydrogen-bond donors (Lipinski definition) is 2. The largest absolute Gasteiger partial charge is 0.444 e. The SMILES string of the molecule is CC(C)(C)OC(=O)N1CCN(C(N)=NCCCNc2cccc(F)c2)CC1.I. The summed E-state index contributed by atoms with van der Waals surface area (Å²) >= 11 is 0. The second-order valence-corrected chi connectivity index (χ2v) is 7.49. The Labute approximate surface area is 183 Å². The van der Waals surface area contributed by atoms with Crippen molar-refractivity contribution in [1.29, 1.82) is 0 Å². The van der Waals surface area contributed by atoms with Crippen molar-refractivity contribution in [1.82, 2.24) is 9.80 Å². The summed E-state index contributed by atoms with van der Waals surface area (Å²) in [4.78, 5) is 20.1. The number of ether oxygens (including phenoxy) is 1. The molecule has 0 saturated carbocycles. The second kappa shape index (κ2) is 11.3. The van der Waals surface area contributed by atoms with E-state index in [9.17, 15) is 9.18 Å². The fourth-order valence-electron chi connectivity index (χ4n) is 2.65. The van der Waals surface area contributed by atoms with Gasteiger partial charge in [-0.05, 0) is 45.4 Å². The summed E-state index contributed by atoms with van der Waals surface area (Å²) in [6.45, 7) is 9.23. The molecule has 28 heavy (non-hydrogen) atoms. The molecule has 1 fully saturated rings. The minimum absolute atomic E-state index is 0. The molecular formula is C19H31FIN5O2. The summed E-state index contributed by atoms with van der Waals surface area (Å²) in [7, 11) is 0. The molecular weight excluding hydrogens is 476 g/mol. The van der Waals surface area contributed by atoms with E-state index in [0.29, 0.717) is 45.2 Å². The van der Waals surface area contributed by atoms with Crippen molar-refractivity contribution in [2.45, 2.75) is 32.8 Å². The van der Waals surface area contributed by atoms with Crippen LogP contribution in [0.4, 0.5) is 14.9 Å². The number of piperazine rings is 1. The molecule has 1 aliphatic heterocycles. The van der Waals surface area contributed by atoms with Gasteiger partial charge in [-0.15, -0.1) is 24.0 Å². The zero-order chi connectivity index (χ0) is 19.9. The lowest BCUT2D eigenvalue weighted by molar-refractivity contribution is 0.0186. The Morgan fingerprint density at radius 1 is 1.25 bits per heavy atom. The highest BCUT2D eigenvalue weighted by Crippen LogP contribution is 2.12. The van der Waals surface area contributed by atoms with Gasteiger partial charge in [0.05, 0.1) is 0 Å². The van der Waals surface area contributed by atoms with E-state index in [0.717, 1.165) is 12.1 Å². The lowest BCUT2D eigenvalue weighted by Gasteiger charge is -2.36. The number of nitrogens with zero attached hydrogens (tertiary/aromatic N) is 3. The number of halogens is 2. The van der Waals surface area contributed by atoms with E-state index in [4.69, 9.17) is 10.5 Å². The number of carbonyl (C=O) groups is 1. The molecule has 9 heteroatoms. The van der Waals surface area contributed by atoms with E-state index in [2.05, 4.69) is 10.3 Å². The van der Waals surface area contributed by atoms with Gasteiger partial charge in [-0.3, -0.25) is 4.99 Å². The van der Waals surface area contributed by atoms with E-state index in [1.54, 1.807) is 11.0 Å². The van der Waals surface area contributed by atoms with Crippen molar-refractivity contribution in [3.8, 4) is 0 Å². The molecule has 2 rings (SSSR count). The highest BCUT2D eigenvalue weighted by atomic mass is 127. The van der Waals surface area contributed by atoms with Crippen LogP contribution in [0.15, 0.2) is 29.3 Å². The Hall–Kier alpha value is -1.78. The van der Waals surface area contributed by atoms with Crippen LogP contribution in [-0.2, 0) is 4.74 Å². The third-order valence-electron chi connectivity index (χ3n) is 4.02. The number of amides is 1. The van der Waals surface area contributed by atoms with Crippen molar-refractivity contribution in [3.63, 3.8) is 0 Å². The molecule has 0 aromatic heterocycles. The summed E-state index contributed by atoms with van der Waals surface area (Å²) < 4.78 is 18.5. The van der Waals surface area contributed by atoms with E-state index < -0.39 is 5.60 Å². The van der Waals surface area contributed by atoms with E-state index in [-0.39, 0.29) is 35.9 Å². The first-order valence-electron chi connectivity index (χ1n) is 9.27. The quantitative estimate of drug-likeness (QED) is 0.277. The third-order valence-corrected chi connectivity index (χ3v) is 4.02. The minimum Gasteiger partial charge on any atom is -0.444 e. The van der Waals surface area contributed by atoms with Crippen LogP contribution in [0.5, 0.6) is 0 Å². The maximum absolute atomic E-state index is 13.1. The van der Waals surface area contributed by atoms with Gasteiger partial charge in [-0.1, -0.05) is 6.07 Å². The molecule has 0 spiro atoms.